The lowest BCUT2D eigenvalue weighted by Gasteiger charge is -2.15. The fraction of sp³-hybridized carbons (Fsp3) is 0.160. The van der Waals surface area contributed by atoms with Crippen LogP contribution in [0.4, 0.5) is 5.69 Å². The first kappa shape index (κ1) is 21.1. The van der Waals surface area contributed by atoms with E-state index in [-0.39, 0.29) is 11.1 Å². The summed E-state index contributed by atoms with van der Waals surface area (Å²) in [6.45, 7) is 4.48. The Morgan fingerprint density at radius 3 is 2.53 bits per heavy atom. The number of pyridine rings is 1. The molecule has 7 nitrogen and oxygen atoms in total. The van der Waals surface area contributed by atoms with Crippen LogP contribution in [0.15, 0.2) is 76.4 Å². The van der Waals surface area contributed by atoms with Crippen molar-refractivity contribution in [3.63, 3.8) is 0 Å². The molecule has 0 spiro atoms. The first-order valence-corrected chi connectivity index (χ1v) is 10.3. The smallest absolute Gasteiger partial charge is 0.294 e. The second-order valence-electron chi connectivity index (χ2n) is 7.37. The summed E-state index contributed by atoms with van der Waals surface area (Å²) in [5, 5.41) is 7.84. The molecule has 2 aromatic carbocycles. The van der Waals surface area contributed by atoms with Gasteiger partial charge in [0.1, 0.15) is 11.4 Å². The molecule has 2 heterocycles. The molecule has 0 radical (unpaired) electrons. The molecule has 0 aliphatic heterocycles. The topological polar surface area (TPSA) is 89.0 Å². The number of aromatic nitrogens is 3. The van der Waals surface area contributed by atoms with Gasteiger partial charge in [0.15, 0.2) is 0 Å². The highest BCUT2D eigenvalue weighted by molar-refractivity contribution is 5.68. The molecule has 4 rings (SSSR count). The van der Waals surface area contributed by atoms with Crippen LogP contribution in [0.2, 0.25) is 0 Å². The van der Waals surface area contributed by atoms with Crippen molar-refractivity contribution in [2.45, 2.75) is 13.8 Å². The summed E-state index contributed by atoms with van der Waals surface area (Å²) < 4.78 is 6.78. The second-order valence-corrected chi connectivity index (χ2v) is 7.37. The van der Waals surface area contributed by atoms with Crippen molar-refractivity contribution in [3.8, 4) is 33.8 Å². The standard InChI is InChI=1S/C25H24N4O3/c1-4-26-22-14-21(18-6-5-7-20(12-18)32-3)28-29(25(22)31)23-13-17(9-8-16(23)2)19-10-11-24(30)27-15-19/h5-15,26H,4H2,1-3H3,(H,27,30). The van der Waals surface area contributed by atoms with Crippen molar-refractivity contribution in [1.82, 2.24) is 14.8 Å². The number of anilines is 1. The van der Waals surface area contributed by atoms with Crippen LogP contribution in [0.3, 0.4) is 0 Å². The van der Waals surface area contributed by atoms with Crippen LogP contribution in [-0.2, 0) is 0 Å². The molecule has 0 aliphatic carbocycles. The molecule has 0 amide bonds. The summed E-state index contributed by atoms with van der Waals surface area (Å²) in [6, 6.07) is 18.4. The van der Waals surface area contributed by atoms with E-state index in [1.165, 1.54) is 10.7 Å². The lowest BCUT2D eigenvalue weighted by atomic mass is 10.0. The molecule has 0 unspecified atom stereocenters. The van der Waals surface area contributed by atoms with Gasteiger partial charge in [0.05, 0.1) is 18.5 Å². The summed E-state index contributed by atoms with van der Waals surface area (Å²) >= 11 is 0. The predicted molar refractivity (Wildman–Crippen MR) is 127 cm³/mol. The van der Waals surface area contributed by atoms with E-state index >= 15 is 0 Å². The van der Waals surface area contributed by atoms with Crippen molar-refractivity contribution in [3.05, 3.63) is 93.1 Å². The van der Waals surface area contributed by atoms with E-state index in [1.54, 1.807) is 25.4 Å². The van der Waals surface area contributed by atoms with Crippen LogP contribution >= 0.6 is 0 Å². The molecule has 0 saturated heterocycles. The largest absolute Gasteiger partial charge is 0.497 e. The summed E-state index contributed by atoms with van der Waals surface area (Å²) in [5.41, 5.74) is 4.83. The van der Waals surface area contributed by atoms with Crippen LogP contribution < -0.4 is 21.2 Å². The van der Waals surface area contributed by atoms with Gasteiger partial charge in [-0.3, -0.25) is 9.59 Å². The first-order chi connectivity index (χ1) is 15.5. The average Bonchev–Trinajstić information content (AvgIpc) is 2.81. The molecule has 0 fully saturated rings. The molecule has 2 aromatic heterocycles. The lowest BCUT2D eigenvalue weighted by molar-refractivity contribution is 0.415. The van der Waals surface area contributed by atoms with Crippen molar-refractivity contribution in [2.75, 3.05) is 19.0 Å². The molecule has 162 valence electrons. The summed E-state index contributed by atoms with van der Waals surface area (Å²) in [7, 11) is 1.61. The minimum absolute atomic E-state index is 0.166. The number of aryl methyl sites for hydroxylation is 1. The Morgan fingerprint density at radius 1 is 1.00 bits per heavy atom. The molecule has 0 bridgehead atoms. The van der Waals surface area contributed by atoms with Crippen LogP contribution in [-0.4, -0.2) is 28.4 Å². The van der Waals surface area contributed by atoms with Gasteiger partial charge < -0.3 is 15.0 Å². The highest BCUT2D eigenvalue weighted by Crippen LogP contribution is 2.26. The zero-order valence-electron chi connectivity index (χ0n) is 18.2. The fourth-order valence-corrected chi connectivity index (χ4v) is 3.51. The average molecular weight is 428 g/mol. The van der Waals surface area contributed by atoms with Gasteiger partial charge in [-0.05, 0) is 60.9 Å². The summed E-state index contributed by atoms with van der Waals surface area (Å²) in [4.78, 5) is 27.4. The Balaban J connectivity index is 1.91. The molecule has 0 aliphatic rings. The highest BCUT2D eigenvalue weighted by Gasteiger charge is 2.14. The third-order valence-electron chi connectivity index (χ3n) is 5.20. The molecule has 4 aromatic rings. The van der Waals surface area contributed by atoms with Crippen molar-refractivity contribution >= 4 is 5.69 Å². The minimum atomic E-state index is -0.236. The third-order valence-corrected chi connectivity index (χ3v) is 5.20. The number of hydrogen-bond donors (Lipinski definition) is 2. The van der Waals surface area contributed by atoms with Crippen molar-refractivity contribution in [1.29, 1.82) is 0 Å². The Bertz CT molecular complexity index is 1370. The number of ether oxygens (including phenoxy) is 1. The van der Waals surface area contributed by atoms with Crippen molar-refractivity contribution < 1.29 is 4.74 Å². The SMILES string of the molecule is CCNc1cc(-c2cccc(OC)c2)nn(-c2cc(-c3ccc(=O)[nH]c3)ccc2C)c1=O. The summed E-state index contributed by atoms with van der Waals surface area (Å²) in [6.07, 6.45) is 1.66. The van der Waals surface area contributed by atoms with Gasteiger partial charge in [0.25, 0.3) is 5.56 Å². The number of H-pyrrole nitrogens is 1. The van der Waals surface area contributed by atoms with E-state index in [9.17, 15) is 9.59 Å². The van der Waals surface area contributed by atoms with Gasteiger partial charge in [-0.2, -0.15) is 9.78 Å². The van der Waals surface area contributed by atoms with E-state index in [1.807, 2.05) is 56.3 Å². The maximum Gasteiger partial charge on any atom is 0.294 e. The van der Waals surface area contributed by atoms with Gasteiger partial charge in [0.2, 0.25) is 5.56 Å². The number of nitrogens with zero attached hydrogens (tertiary/aromatic N) is 2. The maximum absolute atomic E-state index is 13.3. The van der Waals surface area contributed by atoms with Crippen LogP contribution in [0, 0.1) is 6.92 Å². The molecule has 32 heavy (non-hydrogen) atoms. The van der Waals surface area contributed by atoms with Crippen LogP contribution in [0.1, 0.15) is 12.5 Å². The molecular formula is C25H24N4O3. The van der Waals surface area contributed by atoms with Crippen LogP contribution in [0.5, 0.6) is 5.75 Å². The van der Waals surface area contributed by atoms with E-state index in [2.05, 4.69) is 10.3 Å². The Kier molecular flexibility index (Phi) is 5.89. The number of rotatable bonds is 6. The minimum Gasteiger partial charge on any atom is -0.497 e. The molecule has 0 saturated carbocycles. The Hall–Kier alpha value is -4.13. The van der Waals surface area contributed by atoms with Gasteiger partial charge >= 0.3 is 0 Å². The second kappa shape index (κ2) is 8.93. The number of benzene rings is 2. The quantitative estimate of drug-likeness (QED) is 0.485. The predicted octanol–water partition coefficient (Wildman–Crippen LogP) is 4.00. The van der Waals surface area contributed by atoms with Gasteiger partial charge in [-0.1, -0.05) is 24.3 Å². The number of methoxy groups -OCH3 is 1. The van der Waals surface area contributed by atoms with Gasteiger partial charge in [0, 0.05) is 24.4 Å². The van der Waals surface area contributed by atoms with Gasteiger partial charge in [-0.25, -0.2) is 0 Å². The molecule has 2 N–H and O–H groups in total. The third kappa shape index (κ3) is 4.18. The highest BCUT2D eigenvalue weighted by atomic mass is 16.5. The zero-order chi connectivity index (χ0) is 22.7. The summed E-state index contributed by atoms with van der Waals surface area (Å²) in [5.74, 6) is 0.711. The Morgan fingerprint density at radius 2 is 1.81 bits per heavy atom. The first-order valence-electron chi connectivity index (χ1n) is 10.3. The lowest BCUT2D eigenvalue weighted by Crippen LogP contribution is -2.25. The van der Waals surface area contributed by atoms with Crippen LogP contribution in [0.25, 0.3) is 28.1 Å². The van der Waals surface area contributed by atoms with E-state index in [0.29, 0.717) is 29.4 Å². The van der Waals surface area contributed by atoms with E-state index in [4.69, 9.17) is 9.84 Å². The number of aromatic amines is 1. The van der Waals surface area contributed by atoms with Crippen molar-refractivity contribution in [2.24, 2.45) is 0 Å². The van der Waals surface area contributed by atoms with E-state index in [0.717, 1.165) is 22.3 Å². The zero-order valence-corrected chi connectivity index (χ0v) is 18.2. The number of nitrogens with one attached hydrogen (secondary N) is 2. The van der Waals surface area contributed by atoms with E-state index < -0.39 is 0 Å². The normalized spacial score (nSPS) is 10.7. The Labute approximate surface area is 185 Å². The molecule has 0 atom stereocenters. The monoisotopic (exact) mass is 428 g/mol. The number of hydrogen-bond acceptors (Lipinski definition) is 5. The molecule has 7 heteroatoms. The maximum atomic E-state index is 13.3. The molecular weight excluding hydrogens is 404 g/mol. The fourth-order valence-electron chi connectivity index (χ4n) is 3.51. The van der Waals surface area contributed by atoms with Gasteiger partial charge in [-0.15, -0.1) is 0 Å².